The minimum absolute atomic E-state index is 0.0287. The third kappa shape index (κ3) is 4.66. The molecular weight excluding hydrogens is 436 g/mol. The van der Waals surface area contributed by atoms with Gasteiger partial charge in [-0.3, -0.25) is 9.59 Å². The summed E-state index contributed by atoms with van der Waals surface area (Å²) in [6.45, 7) is 1.24. The van der Waals surface area contributed by atoms with E-state index in [0.717, 1.165) is 10.6 Å². The van der Waals surface area contributed by atoms with Gasteiger partial charge < -0.3 is 9.47 Å². The summed E-state index contributed by atoms with van der Waals surface area (Å²) in [6.07, 6.45) is -1.03. The number of esters is 1. The first-order valence-corrected chi connectivity index (χ1v) is 10.7. The van der Waals surface area contributed by atoms with Crippen LogP contribution in [-0.2, 0) is 27.5 Å². The Balaban J connectivity index is 1.57. The first kappa shape index (κ1) is 22.7. The van der Waals surface area contributed by atoms with E-state index in [-0.39, 0.29) is 24.3 Å². The molecule has 0 spiro atoms. The molecule has 0 fully saturated rings. The Bertz CT molecular complexity index is 1180. The number of hydrogen-bond acceptors (Lipinski definition) is 6. The molecule has 1 heterocycles. The van der Waals surface area contributed by atoms with E-state index in [1.54, 1.807) is 60.7 Å². The van der Waals surface area contributed by atoms with Gasteiger partial charge in [0.2, 0.25) is 0 Å². The topological polar surface area (TPSA) is 93.2 Å². The van der Waals surface area contributed by atoms with Crippen LogP contribution in [0.4, 0.5) is 4.79 Å². The highest BCUT2D eigenvalue weighted by Gasteiger charge is 2.45. The molecule has 3 aromatic carbocycles. The standard InChI is InChI=1S/C26H22N2O6/c1-18(25(31)33-16-19-10-4-2-5-11-19)27(26(32)34-17-20-12-6-3-7-13-20)28-23(29)21-14-8-9-15-22(21)24(28)30/h2-15,18H,16-17H2,1H3/t18-/m1/s1. The largest absolute Gasteiger partial charge is 0.459 e. The highest BCUT2D eigenvalue weighted by Crippen LogP contribution is 2.26. The number of carbonyl (C=O) groups is 4. The van der Waals surface area contributed by atoms with Crippen molar-refractivity contribution in [3.8, 4) is 0 Å². The van der Waals surface area contributed by atoms with Crippen LogP contribution in [0.2, 0.25) is 0 Å². The molecule has 0 bridgehead atoms. The summed E-state index contributed by atoms with van der Waals surface area (Å²) in [6, 6.07) is 22.8. The predicted molar refractivity (Wildman–Crippen MR) is 121 cm³/mol. The van der Waals surface area contributed by atoms with E-state index in [9.17, 15) is 19.2 Å². The maximum Gasteiger partial charge on any atom is 0.430 e. The zero-order chi connectivity index (χ0) is 24.1. The maximum atomic E-state index is 13.1. The lowest BCUT2D eigenvalue weighted by atomic mass is 10.1. The average molecular weight is 458 g/mol. The van der Waals surface area contributed by atoms with Gasteiger partial charge in [-0.15, -0.1) is 0 Å². The van der Waals surface area contributed by atoms with Crippen LogP contribution in [0.25, 0.3) is 0 Å². The predicted octanol–water partition coefficient (Wildman–Crippen LogP) is 3.97. The lowest BCUT2D eigenvalue weighted by Gasteiger charge is -2.32. The molecule has 0 aromatic heterocycles. The third-order valence-corrected chi connectivity index (χ3v) is 5.31. The molecule has 8 nitrogen and oxygen atoms in total. The molecule has 4 rings (SSSR count). The molecule has 0 unspecified atom stereocenters. The van der Waals surface area contributed by atoms with Crippen LogP contribution in [-0.4, -0.2) is 39.9 Å². The van der Waals surface area contributed by atoms with Crippen LogP contribution in [0.15, 0.2) is 84.9 Å². The van der Waals surface area contributed by atoms with Crippen LogP contribution in [0.1, 0.15) is 38.8 Å². The Labute approximate surface area is 196 Å². The van der Waals surface area contributed by atoms with Gasteiger partial charge in [-0.05, 0) is 30.2 Å². The number of amides is 3. The first-order valence-electron chi connectivity index (χ1n) is 10.7. The molecule has 0 radical (unpaired) electrons. The van der Waals surface area contributed by atoms with Gasteiger partial charge in [-0.2, -0.15) is 10.0 Å². The lowest BCUT2D eigenvalue weighted by Crippen LogP contribution is -2.56. The summed E-state index contributed by atoms with van der Waals surface area (Å²) in [4.78, 5) is 52.0. The van der Waals surface area contributed by atoms with Crippen LogP contribution in [0.3, 0.4) is 0 Å². The summed E-state index contributed by atoms with van der Waals surface area (Å²) in [5, 5.41) is 1.37. The van der Waals surface area contributed by atoms with E-state index in [2.05, 4.69) is 0 Å². The van der Waals surface area contributed by atoms with Gasteiger partial charge in [0, 0.05) is 0 Å². The van der Waals surface area contributed by atoms with Gasteiger partial charge in [0.1, 0.15) is 13.2 Å². The number of ether oxygens (including phenoxy) is 2. The molecule has 1 aliphatic heterocycles. The Morgan fingerprint density at radius 2 is 1.18 bits per heavy atom. The zero-order valence-corrected chi connectivity index (χ0v) is 18.4. The van der Waals surface area contributed by atoms with E-state index in [1.165, 1.54) is 19.1 Å². The lowest BCUT2D eigenvalue weighted by molar-refractivity contribution is -0.153. The van der Waals surface area contributed by atoms with Crippen LogP contribution in [0, 0.1) is 0 Å². The van der Waals surface area contributed by atoms with Crippen molar-refractivity contribution >= 4 is 23.9 Å². The fraction of sp³-hybridized carbons (Fsp3) is 0.154. The van der Waals surface area contributed by atoms with Crippen molar-refractivity contribution in [3.05, 3.63) is 107 Å². The Morgan fingerprint density at radius 3 is 1.68 bits per heavy atom. The second-order valence-corrected chi connectivity index (χ2v) is 7.62. The van der Waals surface area contributed by atoms with E-state index in [4.69, 9.17) is 9.47 Å². The van der Waals surface area contributed by atoms with E-state index >= 15 is 0 Å². The molecule has 172 valence electrons. The van der Waals surface area contributed by atoms with Crippen molar-refractivity contribution in [3.63, 3.8) is 0 Å². The molecule has 0 aliphatic carbocycles. The monoisotopic (exact) mass is 458 g/mol. The quantitative estimate of drug-likeness (QED) is 0.393. The number of rotatable bonds is 7. The van der Waals surface area contributed by atoms with Gasteiger partial charge in [-0.25, -0.2) is 9.59 Å². The number of imide groups is 1. The molecule has 0 saturated heterocycles. The molecule has 8 heteroatoms. The fourth-order valence-corrected chi connectivity index (χ4v) is 3.52. The maximum absolute atomic E-state index is 13.1. The first-order chi connectivity index (χ1) is 16.5. The highest BCUT2D eigenvalue weighted by molar-refractivity contribution is 6.21. The highest BCUT2D eigenvalue weighted by atomic mass is 16.6. The molecule has 3 aromatic rings. The number of carbonyl (C=O) groups excluding carboxylic acids is 4. The molecule has 0 saturated carbocycles. The van der Waals surface area contributed by atoms with Crippen molar-refractivity contribution in [1.82, 2.24) is 10.0 Å². The van der Waals surface area contributed by atoms with Crippen LogP contribution in [0.5, 0.6) is 0 Å². The molecular formula is C26H22N2O6. The smallest absolute Gasteiger partial charge is 0.430 e. The number of hydrazine groups is 1. The molecule has 1 atom stereocenters. The normalized spacial score (nSPS) is 13.3. The van der Waals surface area contributed by atoms with Gasteiger partial charge in [-0.1, -0.05) is 72.8 Å². The zero-order valence-electron chi connectivity index (χ0n) is 18.4. The number of hydrogen-bond donors (Lipinski definition) is 0. The van der Waals surface area contributed by atoms with E-state index in [1.807, 2.05) is 12.1 Å². The summed E-state index contributed by atoms with van der Waals surface area (Å²) in [7, 11) is 0. The molecule has 1 aliphatic rings. The summed E-state index contributed by atoms with van der Waals surface area (Å²) >= 11 is 0. The Morgan fingerprint density at radius 1 is 0.735 bits per heavy atom. The number of nitrogens with zero attached hydrogens (tertiary/aromatic N) is 2. The van der Waals surface area contributed by atoms with Crippen molar-refractivity contribution in [2.24, 2.45) is 0 Å². The summed E-state index contributed by atoms with van der Waals surface area (Å²) in [5.41, 5.74) is 1.73. The summed E-state index contributed by atoms with van der Waals surface area (Å²) < 4.78 is 10.7. The van der Waals surface area contributed by atoms with Gasteiger partial charge >= 0.3 is 12.1 Å². The minimum Gasteiger partial charge on any atom is -0.459 e. The van der Waals surface area contributed by atoms with Gasteiger partial charge in [0.15, 0.2) is 6.04 Å². The van der Waals surface area contributed by atoms with E-state index < -0.39 is 29.9 Å². The second-order valence-electron chi connectivity index (χ2n) is 7.62. The van der Waals surface area contributed by atoms with Crippen molar-refractivity contribution in [2.75, 3.05) is 0 Å². The SMILES string of the molecule is C[C@H](C(=O)OCc1ccccc1)N(C(=O)OCc1ccccc1)N1C(=O)c2ccccc2C1=O. The number of fused-ring (bicyclic) bond motifs is 1. The van der Waals surface area contributed by atoms with Crippen LogP contribution >= 0.6 is 0 Å². The van der Waals surface area contributed by atoms with Gasteiger partial charge in [0.25, 0.3) is 11.8 Å². The molecule has 0 N–H and O–H groups in total. The molecule has 3 amide bonds. The van der Waals surface area contributed by atoms with Crippen molar-refractivity contribution in [2.45, 2.75) is 26.2 Å². The summed E-state index contributed by atoms with van der Waals surface area (Å²) in [5.74, 6) is -2.24. The number of benzene rings is 3. The minimum atomic E-state index is -1.31. The second kappa shape index (κ2) is 9.99. The molecule has 34 heavy (non-hydrogen) atoms. The van der Waals surface area contributed by atoms with E-state index in [0.29, 0.717) is 10.6 Å². The fourth-order valence-electron chi connectivity index (χ4n) is 3.52. The average Bonchev–Trinajstić information content (AvgIpc) is 3.12. The Kier molecular flexibility index (Phi) is 6.68. The third-order valence-electron chi connectivity index (χ3n) is 5.31. The van der Waals surface area contributed by atoms with Crippen molar-refractivity contribution in [1.29, 1.82) is 0 Å². The Hall–Kier alpha value is -4.46. The van der Waals surface area contributed by atoms with Crippen LogP contribution < -0.4 is 0 Å². The van der Waals surface area contributed by atoms with Crippen molar-refractivity contribution < 1.29 is 28.7 Å². The van der Waals surface area contributed by atoms with Gasteiger partial charge in [0.05, 0.1) is 11.1 Å².